The van der Waals surface area contributed by atoms with Crippen LogP contribution in [0.3, 0.4) is 0 Å². The Morgan fingerprint density at radius 1 is 1.43 bits per heavy atom. The van der Waals surface area contributed by atoms with Crippen molar-refractivity contribution >= 4 is 0 Å². The van der Waals surface area contributed by atoms with Gasteiger partial charge in [-0.25, -0.2) is 0 Å². The van der Waals surface area contributed by atoms with Gasteiger partial charge in [-0.1, -0.05) is 26.7 Å². The third-order valence-corrected chi connectivity index (χ3v) is 2.93. The highest BCUT2D eigenvalue weighted by molar-refractivity contribution is 4.98. The van der Waals surface area contributed by atoms with E-state index >= 15 is 0 Å². The van der Waals surface area contributed by atoms with Crippen molar-refractivity contribution in [1.29, 1.82) is 0 Å². The van der Waals surface area contributed by atoms with Crippen LogP contribution in [0.1, 0.15) is 51.3 Å². The second-order valence-corrected chi connectivity index (χ2v) is 4.72. The molecule has 0 bridgehead atoms. The first-order chi connectivity index (χ1) is 6.77. The number of nitrogens with zero attached hydrogens (tertiary/aromatic N) is 3. The molecule has 14 heavy (non-hydrogen) atoms. The molecule has 1 fully saturated rings. The SMILES string of the molecule is CC(C)Cn1cnnc1C1CCCC1. The van der Waals surface area contributed by atoms with Crippen LogP contribution in [-0.2, 0) is 6.54 Å². The van der Waals surface area contributed by atoms with Crippen molar-refractivity contribution in [2.75, 3.05) is 0 Å². The minimum atomic E-state index is 0.672. The quantitative estimate of drug-likeness (QED) is 0.738. The van der Waals surface area contributed by atoms with Crippen molar-refractivity contribution in [1.82, 2.24) is 14.8 Å². The van der Waals surface area contributed by atoms with Crippen molar-refractivity contribution in [3.8, 4) is 0 Å². The molecule has 0 aromatic carbocycles. The lowest BCUT2D eigenvalue weighted by atomic mass is 10.1. The van der Waals surface area contributed by atoms with Crippen LogP contribution in [0.2, 0.25) is 0 Å². The Morgan fingerprint density at radius 3 is 2.79 bits per heavy atom. The lowest BCUT2D eigenvalue weighted by molar-refractivity contribution is 0.487. The highest BCUT2D eigenvalue weighted by atomic mass is 15.3. The van der Waals surface area contributed by atoms with Gasteiger partial charge >= 0.3 is 0 Å². The molecule has 0 saturated heterocycles. The second-order valence-electron chi connectivity index (χ2n) is 4.72. The summed E-state index contributed by atoms with van der Waals surface area (Å²) in [6, 6.07) is 0. The minimum absolute atomic E-state index is 0.672. The van der Waals surface area contributed by atoms with Crippen LogP contribution in [-0.4, -0.2) is 14.8 Å². The summed E-state index contributed by atoms with van der Waals surface area (Å²) in [5, 5.41) is 8.30. The zero-order valence-corrected chi connectivity index (χ0v) is 9.11. The summed E-state index contributed by atoms with van der Waals surface area (Å²) in [6.45, 7) is 5.52. The van der Waals surface area contributed by atoms with Gasteiger partial charge in [-0.05, 0) is 18.8 Å². The van der Waals surface area contributed by atoms with Crippen molar-refractivity contribution in [3.63, 3.8) is 0 Å². The lowest BCUT2D eigenvalue weighted by Crippen LogP contribution is -2.10. The van der Waals surface area contributed by atoms with Crippen molar-refractivity contribution in [2.24, 2.45) is 5.92 Å². The topological polar surface area (TPSA) is 30.7 Å². The first-order valence-corrected chi connectivity index (χ1v) is 5.65. The average Bonchev–Trinajstić information content (AvgIpc) is 2.70. The van der Waals surface area contributed by atoms with Crippen molar-refractivity contribution in [3.05, 3.63) is 12.2 Å². The summed E-state index contributed by atoms with van der Waals surface area (Å²) in [5.41, 5.74) is 0. The van der Waals surface area contributed by atoms with Crippen LogP contribution >= 0.6 is 0 Å². The Labute approximate surface area is 85.5 Å². The van der Waals surface area contributed by atoms with E-state index in [9.17, 15) is 0 Å². The lowest BCUT2D eigenvalue weighted by Gasteiger charge is -2.12. The zero-order valence-electron chi connectivity index (χ0n) is 9.11. The highest BCUT2D eigenvalue weighted by Crippen LogP contribution is 2.32. The van der Waals surface area contributed by atoms with E-state index in [1.54, 1.807) is 0 Å². The van der Waals surface area contributed by atoms with Gasteiger partial charge in [0.1, 0.15) is 12.2 Å². The molecule has 1 saturated carbocycles. The van der Waals surface area contributed by atoms with E-state index in [0.29, 0.717) is 11.8 Å². The second kappa shape index (κ2) is 4.11. The van der Waals surface area contributed by atoms with Crippen LogP contribution in [0.5, 0.6) is 0 Å². The van der Waals surface area contributed by atoms with Gasteiger partial charge in [-0.2, -0.15) is 0 Å². The number of aromatic nitrogens is 3. The Balaban J connectivity index is 2.12. The van der Waals surface area contributed by atoms with Crippen LogP contribution in [0.25, 0.3) is 0 Å². The summed E-state index contributed by atoms with van der Waals surface area (Å²) >= 11 is 0. The molecule has 0 amide bonds. The Bertz CT molecular complexity index is 284. The van der Waals surface area contributed by atoms with Crippen LogP contribution in [0, 0.1) is 5.92 Å². The monoisotopic (exact) mass is 193 g/mol. The molecule has 1 aliphatic carbocycles. The molecule has 1 aromatic rings. The molecule has 0 aliphatic heterocycles. The highest BCUT2D eigenvalue weighted by Gasteiger charge is 2.22. The fraction of sp³-hybridized carbons (Fsp3) is 0.818. The molecule has 0 radical (unpaired) electrons. The summed E-state index contributed by atoms with van der Waals surface area (Å²) in [7, 11) is 0. The van der Waals surface area contributed by atoms with E-state index in [1.807, 2.05) is 6.33 Å². The molecular formula is C11H19N3. The van der Waals surface area contributed by atoms with Crippen LogP contribution in [0.15, 0.2) is 6.33 Å². The summed E-state index contributed by atoms with van der Waals surface area (Å²) in [6.07, 6.45) is 7.21. The van der Waals surface area contributed by atoms with Gasteiger partial charge in [0.05, 0.1) is 0 Å². The largest absolute Gasteiger partial charge is 0.317 e. The third-order valence-electron chi connectivity index (χ3n) is 2.93. The fourth-order valence-corrected chi connectivity index (χ4v) is 2.30. The van der Waals surface area contributed by atoms with Gasteiger partial charge in [0.25, 0.3) is 0 Å². The maximum absolute atomic E-state index is 4.26. The smallest absolute Gasteiger partial charge is 0.135 e. The molecular weight excluding hydrogens is 174 g/mol. The molecule has 3 nitrogen and oxygen atoms in total. The summed E-state index contributed by atoms with van der Waals surface area (Å²) in [5.74, 6) is 2.57. The van der Waals surface area contributed by atoms with E-state index in [2.05, 4.69) is 28.6 Å². The maximum Gasteiger partial charge on any atom is 0.135 e. The number of hydrogen-bond acceptors (Lipinski definition) is 2. The van der Waals surface area contributed by atoms with E-state index < -0.39 is 0 Å². The first-order valence-electron chi connectivity index (χ1n) is 5.65. The summed E-state index contributed by atoms with van der Waals surface area (Å²) in [4.78, 5) is 0. The Morgan fingerprint density at radius 2 is 2.14 bits per heavy atom. The molecule has 0 atom stereocenters. The molecule has 0 spiro atoms. The molecule has 1 aliphatic rings. The van der Waals surface area contributed by atoms with E-state index in [4.69, 9.17) is 0 Å². The van der Waals surface area contributed by atoms with Crippen molar-refractivity contribution < 1.29 is 0 Å². The molecule has 3 heteroatoms. The predicted octanol–water partition coefficient (Wildman–Crippen LogP) is 2.59. The molecule has 78 valence electrons. The van der Waals surface area contributed by atoms with Crippen LogP contribution in [0.4, 0.5) is 0 Å². The number of hydrogen-bond donors (Lipinski definition) is 0. The standard InChI is InChI=1S/C11H19N3/c1-9(2)7-14-8-12-13-11(14)10-5-3-4-6-10/h8-10H,3-7H2,1-2H3. The third kappa shape index (κ3) is 1.97. The molecule has 1 heterocycles. The van der Waals surface area contributed by atoms with Gasteiger partial charge < -0.3 is 4.57 Å². The van der Waals surface area contributed by atoms with Gasteiger partial charge in [0.2, 0.25) is 0 Å². The summed E-state index contributed by atoms with van der Waals surface area (Å²) < 4.78 is 2.24. The Hall–Kier alpha value is -0.860. The Kier molecular flexibility index (Phi) is 2.85. The minimum Gasteiger partial charge on any atom is -0.317 e. The van der Waals surface area contributed by atoms with Gasteiger partial charge in [0, 0.05) is 12.5 Å². The molecule has 0 N–H and O–H groups in total. The normalized spacial score (nSPS) is 18.2. The molecule has 1 aromatic heterocycles. The van der Waals surface area contributed by atoms with E-state index in [-0.39, 0.29) is 0 Å². The van der Waals surface area contributed by atoms with Gasteiger partial charge in [-0.15, -0.1) is 10.2 Å². The predicted molar refractivity (Wildman–Crippen MR) is 56.1 cm³/mol. The van der Waals surface area contributed by atoms with Crippen molar-refractivity contribution in [2.45, 2.75) is 52.0 Å². The zero-order chi connectivity index (χ0) is 9.97. The van der Waals surface area contributed by atoms with E-state index in [0.717, 1.165) is 6.54 Å². The average molecular weight is 193 g/mol. The molecule has 2 rings (SSSR count). The number of rotatable bonds is 3. The first kappa shape index (κ1) is 9.69. The fourth-order valence-electron chi connectivity index (χ4n) is 2.30. The van der Waals surface area contributed by atoms with E-state index in [1.165, 1.54) is 31.5 Å². The molecule has 0 unspecified atom stereocenters. The van der Waals surface area contributed by atoms with Crippen LogP contribution < -0.4 is 0 Å². The maximum atomic E-state index is 4.26. The van der Waals surface area contributed by atoms with Gasteiger partial charge in [-0.3, -0.25) is 0 Å². The van der Waals surface area contributed by atoms with Gasteiger partial charge in [0.15, 0.2) is 0 Å².